The first-order chi connectivity index (χ1) is 8.87. The summed E-state index contributed by atoms with van der Waals surface area (Å²) in [5.41, 5.74) is 5.92. The van der Waals surface area contributed by atoms with Gasteiger partial charge in [0.1, 0.15) is 18.4 Å². The maximum Gasteiger partial charge on any atom is 0.586 e. The molecule has 0 unspecified atom stereocenters. The Morgan fingerprint density at radius 3 is 2.63 bits per heavy atom. The van der Waals surface area contributed by atoms with Gasteiger partial charge < -0.3 is 24.8 Å². The number of rotatable bonds is 0. The quantitative estimate of drug-likeness (QED) is 0.752. The molecule has 1 aromatic carbocycles. The molecule has 1 amide bonds. The molecule has 0 radical (unpaired) electrons. The highest BCUT2D eigenvalue weighted by molar-refractivity contribution is 5.99. The van der Waals surface area contributed by atoms with Crippen molar-refractivity contribution in [1.82, 2.24) is 0 Å². The Labute approximate surface area is 106 Å². The van der Waals surface area contributed by atoms with E-state index in [1.165, 1.54) is 24.1 Å². The third-order valence-corrected chi connectivity index (χ3v) is 2.91. The zero-order chi connectivity index (χ0) is 13.8. The molecule has 2 heterocycles. The molecule has 19 heavy (non-hydrogen) atoms. The Morgan fingerprint density at radius 2 is 1.95 bits per heavy atom. The summed E-state index contributed by atoms with van der Waals surface area (Å²) in [5.74, 6) is -0.421. The normalized spacial score (nSPS) is 23.7. The minimum Gasteiger partial charge on any atom is -0.489 e. The number of carbonyl (C=O) groups excluding carboxylic acids is 1. The second kappa shape index (κ2) is 3.70. The lowest BCUT2D eigenvalue weighted by molar-refractivity contribution is -0.286. The molecule has 0 fully saturated rings. The van der Waals surface area contributed by atoms with E-state index in [1.54, 1.807) is 0 Å². The van der Waals surface area contributed by atoms with Crippen molar-refractivity contribution in [2.24, 2.45) is 5.73 Å². The SMILES string of the molecule is CN1C(=O)[C@@H](N)COc2cc3c(cc21)OC(F)(F)O3. The molecule has 0 saturated heterocycles. The van der Waals surface area contributed by atoms with Gasteiger partial charge in [-0.2, -0.15) is 0 Å². The molecule has 8 heteroatoms. The van der Waals surface area contributed by atoms with Gasteiger partial charge in [-0.05, 0) is 0 Å². The molecule has 2 aliphatic rings. The highest BCUT2D eigenvalue weighted by Gasteiger charge is 2.44. The fraction of sp³-hybridized carbons (Fsp3) is 0.364. The minimum absolute atomic E-state index is 0.0355. The predicted octanol–water partition coefficient (Wildman–Crippen LogP) is 0.691. The van der Waals surface area contributed by atoms with Gasteiger partial charge in [0.15, 0.2) is 11.5 Å². The van der Waals surface area contributed by atoms with E-state index in [0.717, 1.165) is 0 Å². The van der Waals surface area contributed by atoms with Crippen LogP contribution >= 0.6 is 0 Å². The Morgan fingerprint density at radius 1 is 1.32 bits per heavy atom. The van der Waals surface area contributed by atoms with Crippen LogP contribution in [0.15, 0.2) is 12.1 Å². The van der Waals surface area contributed by atoms with Crippen molar-refractivity contribution < 1.29 is 27.8 Å². The summed E-state index contributed by atoms with van der Waals surface area (Å²) < 4.78 is 39.9. The predicted molar refractivity (Wildman–Crippen MR) is 59.5 cm³/mol. The number of anilines is 1. The largest absolute Gasteiger partial charge is 0.586 e. The molecule has 2 aliphatic heterocycles. The lowest BCUT2D eigenvalue weighted by Crippen LogP contribution is -2.43. The fourth-order valence-corrected chi connectivity index (χ4v) is 1.96. The Hall–Kier alpha value is -2.09. The van der Waals surface area contributed by atoms with E-state index in [1.807, 2.05) is 0 Å². The maximum absolute atomic E-state index is 13.0. The average molecular weight is 272 g/mol. The summed E-state index contributed by atoms with van der Waals surface area (Å²) in [6, 6.07) is 1.71. The van der Waals surface area contributed by atoms with Gasteiger partial charge in [-0.3, -0.25) is 4.79 Å². The number of hydrogen-bond acceptors (Lipinski definition) is 5. The first kappa shape index (κ1) is 12.0. The first-order valence-corrected chi connectivity index (χ1v) is 5.47. The van der Waals surface area contributed by atoms with Crippen LogP contribution in [-0.2, 0) is 4.79 Å². The van der Waals surface area contributed by atoms with E-state index in [4.69, 9.17) is 10.5 Å². The summed E-state index contributed by atoms with van der Waals surface area (Å²) in [7, 11) is 1.48. The monoisotopic (exact) mass is 272 g/mol. The molecule has 0 aliphatic carbocycles. The second-order valence-corrected chi connectivity index (χ2v) is 4.25. The van der Waals surface area contributed by atoms with Gasteiger partial charge in [-0.1, -0.05) is 0 Å². The molecule has 2 N–H and O–H groups in total. The van der Waals surface area contributed by atoms with Crippen LogP contribution < -0.4 is 24.8 Å². The van der Waals surface area contributed by atoms with Crippen molar-refractivity contribution in [1.29, 1.82) is 0 Å². The third kappa shape index (κ3) is 1.84. The van der Waals surface area contributed by atoms with Gasteiger partial charge >= 0.3 is 6.29 Å². The standard InChI is InChI=1S/C11H10F2N2O4/c1-15-6-2-8-9(19-11(12,13)18-8)3-7(6)17-4-5(14)10(15)16/h2-3,5H,4,14H2,1H3/t5-/m0/s1. The number of amides is 1. The van der Waals surface area contributed by atoms with Crippen LogP contribution in [0.3, 0.4) is 0 Å². The maximum atomic E-state index is 13.0. The van der Waals surface area contributed by atoms with Gasteiger partial charge in [0.05, 0.1) is 5.69 Å². The molecule has 6 nitrogen and oxygen atoms in total. The molecule has 0 aromatic heterocycles. The molecular formula is C11H10F2N2O4. The van der Waals surface area contributed by atoms with Crippen LogP contribution in [0.25, 0.3) is 0 Å². The van der Waals surface area contributed by atoms with E-state index in [9.17, 15) is 13.6 Å². The Kier molecular flexibility index (Phi) is 2.33. The number of carbonyl (C=O) groups is 1. The molecule has 102 valence electrons. The number of ether oxygens (including phenoxy) is 3. The molecule has 1 atom stereocenters. The van der Waals surface area contributed by atoms with Crippen LogP contribution in [0.1, 0.15) is 0 Å². The number of benzene rings is 1. The van der Waals surface area contributed by atoms with E-state index in [2.05, 4.69) is 9.47 Å². The van der Waals surface area contributed by atoms with Crippen LogP contribution in [0, 0.1) is 0 Å². The van der Waals surface area contributed by atoms with Crippen LogP contribution in [0.2, 0.25) is 0 Å². The fourth-order valence-electron chi connectivity index (χ4n) is 1.96. The topological polar surface area (TPSA) is 74.0 Å². The average Bonchev–Trinajstić information content (AvgIpc) is 2.60. The number of alkyl halides is 2. The van der Waals surface area contributed by atoms with E-state index in [0.29, 0.717) is 5.69 Å². The molecular weight excluding hydrogens is 262 g/mol. The number of nitrogens with two attached hydrogens (primary N) is 1. The van der Waals surface area contributed by atoms with E-state index in [-0.39, 0.29) is 29.8 Å². The van der Waals surface area contributed by atoms with Crippen molar-refractivity contribution in [3.05, 3.63) is 12.1 Å². The first-order valence-electron chi connectivity index (χ1n) is 5.47. The highest BCUT2D eigenvalue weighted by atomic mass is 19.3. The number of fused-ring (bicyclic) bond motifs is 2. The smallest absolute Gasteiger partial charge is 0.489 e. The van der Waals surface area contributed by atoms with Gasteiger partial charge in [-0.25, -0.2) is 0 Å². The van der Waals surface area contributed by atoms with Crippen molar-refractivity contribution in [3.63, 3.8) is 0 Å². The summed E-state index contributed by atoms with van der Waals surface area (Å²) in [4.78, 5) is 13.1. The second-order valence-electron chi connectivity index (χ2n) is 4.25. The number of hydrogen-bond donors (Lipinski definition) is 1. The van der Waals surface area contributed by atoms with Gasteiger partial charge in [-0.15, -0.1) is 8.78 Å². The van der Waals surface area contributed by atoms with Crippen molar-refractivity contribution >= 4 is 11.6 Å². The van der Waals surface area contributed by atoms with Crippen molar-refractivity contribution in [2.45, 2.75) is 12.3 Å². The Bertz CT molecular complexity index is 564. The number of nitrogens with zero attached hydrogens (tertiary/aromatic N) is 1. The summed E-state index contributed by atoms with van der Waals surface area (Å²) in [6.45, 7) is -0.0355. The summed E-state index contributed by atoms with van der Waals surface area (Å²) >= 11 is 0. The van der Waals surface area contributed by atoms with Crippen LogP contribution in [0.5, 0.6) is 17.2 Å². The third-order valence-electron chi connectivity index (χ3n) is 2.91. The van der Waals surface area contributed by atoms with Gasteiger partial charge in [0, 0.05) is 19.2 Å². The molecule has 1 aromatic rings. The van der Waals surface area contributed by atoms with Gasteiger partial charge in [0.2, 0.25) is 5.91 Å². The molecule has 3 rings (SSSR count). The molecule has 0 saturated carbocycles. The van der Waals surface area contributed by atoms with Crippen LogP contribution in [0.4, 0.5) is 14.5 Å². The Balaban J connectivity index is 2.06. The lowest BCUT2D eigenvalue weighted by atomic mass is 10.2. The zero-order valence-corrected chi connectivity index (χ0v) is 9.85. The summed E-state index contributed by atoms with van der Waals surface area (Å²) in [6.07, 6.45) is -3.71. The lowest BCUT2D eigenvalue weighted by Gasteiger charge is -2.17. The highest BCUT2D eigenvalue weighted by Crippen LogP contribution is 2.47. The van der Waals surface area contributed by atoms with Crippen molar-refractivity contribution in [2.75, 3.05) is 18.6 Å². The minimum atomic E-state index is -3.71. The van der Waals surface area contributed by atoms with Crippen LogP contribution in [-0.4, -0.2) is 31.9 Å². The molecule has 0 spiro atoms. The number of likely N-dealkylation sites (N-methyl/N-ethyl adjacent to an activating group) is 1. The van der Waals surface area contributed by atoms with Crippen molar-refractivity contribution in [3.8, 4) is 17.2 Å². The number of halogens is 2. The van der Waals surface area contributed by atoms with Gasteiger partial charge in [0.25, 0.3) is 0 Å². The van der Waals surface area contributed by atoms with E-state index >= 15 is 0 Å². The summed E-state index contributed by atoms with van der Waals surface area (Å²) in [5, 5.41) is 0. The van der Waals surface area contributed by atoms with E-state index < -0.39 is 12.3 Å². The molecule has 0 bridgehead atoms. The zero-order valence-electron chi connectivity index (χ0n) is 9.85.